The summed E-state index contributed by atoms with van der Waals surface area (Å²) >= 11 is 0. The van der Waals surface area contributed by atoms with Crippen LogP contribution in [0.3, 0.4) is 0 Å². The number of aryl methyl sites for hydroxylation is 1. The Morgan fingerprint density at radius 3 is 2.76 bits per heavy atom. The lowest BCUT2D eigenvalue weighted by atomic mass is 10.0. The standard InChI is InChI=1S/C23H22N4O2/c1-15-8-9-22(24-13-15)29-21-12-16-11-20(21)27(14-16)23(28)18-6-3-2-5-17(18)19-7-4-10-25-26-19/h2-10,13,16,20-21H,11-12,14H2,1H3. The molecule has 1 saturated carbocycles. The lowest BCUT2D eigenvalue weighted by molar-refractivity contribution is 0.0467. The zero-order valence-corrected chi connectivity index (χ0v) is 16.2. The predicted molar refractivity (Wildman–Crippen MR) is 108 cm³/mol. The minimum Gasteiger partial charge on any atom is -0.472 e. The monoisotopic (exact) mass is 386 g/mol. The van der Waals surface area contributed by atoms with Gasteiger partial charge in [-0.2, -0.15) is 10.2 Å². The Bertz CT molecular complexity index is 1020. The van der Waals surface area contributed by atoms with Crippen LogP contribution in [0.5, 0.6) is 5.88 Å². The van der Waals surface area contributed by atoms with Gasteiger partial charge in [0.1, 0.15) is 6.10 Å². The highest BCUT2D eigenvalue weighted by Crippen LogP contribution is 2.40. The first-order chi connectivity index (χ1) is 14.2. The molecular weight excluding hydrogens is 364 g/mol. The highest BCUT2D eigenvalue weighted by atomic mass is 16.5. The number of ether oxygens (including phenoxy) is 1. The summed E-state index contributed by atoms with van der Waals surface area (Å²) in [6.45, 7) is 2.78. The lowest BCUT2D eigenvalue weighted by Crippen LogP contribution is -2.47. The van der Waals surface area contributed by atoms with Gasteiger partial charge in [0.25, 0.3) is 5.91 Å². The molecule has 0 spiro atoms. The Kier molecular flexibility index (Phi) is 4.46. The number of fused-ring (bicyclic) bond motifs is 2. The van der Waals surface area contributed by atoms with E-state index in [1.807, 2.05) is 66.6 Å². The third-order valence-corrected chi connectivity index (χ3v) is 5.85. The van der Waals surface area contributed by atoms with E-state index in [4.69, 9.17) is 4.74 Å². The van der Waals surface area contributed by atoms with E-state index in [1.165, 1.54) is 0 Å². The molecule has 6 nitrogen and oxygen atoms in total. The van der Waals surface area contributed by atoms with Gasteiger partial charge >= 0.3 is 0 Å². The molecule has 1 aliphatic heterocycles. The van der Waals surface area contributed by atoms with E-state index in [-0.39, 0.29) is 18.1 Å². The Hall–Kier alpha value is -3.28. The van der Waals surface area contributed by atoms with Crippen LogP contribution < -0.4 is 4.74 Å². The molecule has 1 aliphatic carbocycles. The highest BCUT2D eigenvalue weighted by Gasteiger charge is 2.48. The second kappa shape index (κ2) is 7.28. The molecule has 1 amide bonds. The minimum atomic E-state index is -0.0171. The quantitative estimate of drug-likeness (QED) is 0.686. The smallest absolute Gasteiger partial charge is 0.254 e. The summed E-state index contributed by atoms with van der Waals surface area (Å²) in [5.41, 5.74) is 3.28. The molecular formula is C23H22N4O2. The third kappa shape index (κ3) is 3.35. The normalized spacial score (nSPS) is 22.7. The fraction of sp³-hybridized carbons (Fsp3) is 0.304. The van der Waals surface area contributed by atoms with E-state index in [9.17, 15) is 4.79 Å². The molecule has 3 heterocycles. The number of nitrogens with zero attached hydrogens (tertiary/aromatic N) is 4. The second-order valence-corrected chi connectivity index (χ2v) is 7.85. The zero-order valence-electron chi connectivity index (χ0n) is 16.2. The van der Waals surface area contributed by atoms with Gasteiger partial charge in [-0.25, -0.2) is 4.98 Å². The molecule has 6 heteroatoms. The maximum atomic E-state index is 13.5. The first kappa shape index (κ1) is 17.8. The Balaban J connectivity index is 1.39. The van der Waals surface area contributed by atoms with Crippen LogP contribution in [-0.4, -0.2) is 44.7 Å². The first-order valence-corrected chi connectivity index (χ1v) is 9.96. The van der Waals surface area contributed by atoms with Crippen LogP contribution in [0.15, 0.2) is 60.9 Å². The number of benzene rings is 1. The molecule has 2 aliphatic rings. The van der Waals surface area contributed by atoms with Crippen LogP contribution >= 0.6 is 0 Å². The number of hydrogen-bond donors (Lipinski definition) is 0. The largest absolute Gasteiger partial charge is 0.472 e. The molecule has 2 bridgehead atoms. The summed E-state index contributed by atoms with van der Waals surface area (Å²) in [6.07, 6.45) is 5.37. The summed E-state index contributed by atoms with van der Waals surface area (Å²) in [4.78, 5) is 19.8. The average Bonchev–Trinajstić information content (AvgIpc) is 3.36. The summed E-state index contributed by atoms with van der Waals surface area (Å²) in [5.74, 6) is 1.13. The van der Waals surface area contributed by atoms with Crippen molar-refractivity contribution in [1.29, 1.82) is 0 Å². The van der Waals surface area contributed by atoms with Crippen LogP contribution in [0.2, 0.25) is 0 Å². The second-order valence-electron chi connectivity index (χ2n) is 7.85. The number of piperidine rings is 1. The summed E-state index contributed by atoms with van der Waals surface area (Å²) < 4.78 is 6.17. The van der Waals surface area contributed by atoms with E-state index in [2.05, 4.69) is 15.2 Å². The SMILES string of the molecule is Cc1ccc(OC2CC3CC2N(C(=O)c2ccccc2-c2cccnn2)C3)nc1. The summed E-state index contributed by atoms with van der Waals surface area (Å²) in [6, 6.07) is 15.3. The van der Waals surface area contributed by atoms with Crippen LogP contribution in [0.1, 0.15) is 28.8 Å². The van der Waals surface area contributed by atoms with Gasteiger partial charge in [-0.3, -0.25) is 4.79 Å². The van der Waals surface area contributed by atoms with E-state index < -0.39 is 0 Å². The van der Waals surface area contributed by atoms with Gasteiger partial charge in [-0.1, -0.05) is 24.3 Å². The fourth-order valence-electron chi connectivity index (χ4n) is 4.50. The number of carbonyl (C=O) groups is 1. The average molecular weight is 386 g/mol. The van der Waals surface area contributed by atoms with Crippen molar-refractivity contribution in [2.45, 2.75) is 31.9 Å². The molecule has 3 aromatic rings. The number of aromatic nitrogens is 3. The van der Waals surface area contributed by atoms with E-state index in [1.54, 1.807) is 6.20 Å². The maximum Gasteiger partial charge on any atom is 0.254 e. The number of carbonyl (C=O) groups excluding carboxylic acids is 1. The van der Waals surface area contributed by atoms with Crippen molar-refractivity contribution in [3.63, 3.8) is 0 Å². The van der Waals surface area contributed by atoms with Crippen molar-refractivity contribution in [3.05, 3.63) is 72.1 Å². The van der Waals surface area contributed by atoms with Crippen molar-refractivity contribution in [1.82, 2.24) is 20.1 Å². The van der Waals surface area contributed by atoms with Crippen LogP contribution in [0.25, 0.3) is 11.3 Å². The molecule has 2 fully saturated rings. The van der Waals surface area contributed by atoms with Gasteiger partial charge in [-0.05, 0) is 49.4 Å². The van der Waals surface area contributed by atoms with Crippen LogP contribution in [0.4, 0.5) is 0 Å². The molecule has 3 atom stereocenters. The predicted octanol–water partition coefficient (Wildman–Crippen LogP) is 3.53. The number of pyridine rings is 1. The number of likely N-dealkylation sites (tertiary alicyclic amines) is 1. The molecule has 3 unspecified atom stereocenters. The van der Waals surface area contributed by atoms with Crippen molar-refractivity contribution >= 4 is 5.91 Å². The Morgan fingerprint density at radius 2 is 2.00 bits per heavy atom. The van der Waals surface area contributed by atoms with Gasteiger partial charge in [0, 0.05) is 36.1 Å². The first-order valence-electron chi connectivity index (χ1n) is 9.96. The highest BCUT2D eigenvalue weighted by molar-refractivity contribution is 6.00. The summed E-state index contributed by atoms with van der Waals surface area (Å²) in [7, 11) is 0. The van der Waals surface area contributed by atoms with Crippen molar-refractivity contribution < 1.29 is 9.53 Å². The van der Waals surface area contributed by atoms with Gasteiger partial charge < -0.3 is 9.64 Å². The number of hydrogen-bond acceptors (Lipinski definition) is 5. The number of amides is 1. The van der Waals surface area contributed by atoms with Crippen LogP contribution in [-0.2, 0) is 0 Å². The van der Waals surface area contributed by atoms with Crippen molar-refractivity contribution in [2.24, 2.45) is 5.92 Å². The Labute approximate surface area is 169 Å². The van der Waals surface area contributed by atoms with Crippen molar-refractivity contribution in [2.75, 3.05) is 6.54 Å². The molecule has 5 rings (SSSR count). The third-order valence-electron chi connectivity index (χ3n) is 5.85. The van der Waals surface area contributed by atoms with Crippen LogP contribution in [0, 0.1) is 12.8 Å². The lowest BCUT2D eigenvalue weighted by Gasteiger charge is -2.33. The summed E-state index contributed by atoms with van der Waals surface area (Å²) in [5, 5.41) is 8.15. The molecule has 29 heavy (non-hydrogen) atoms. The van der Waals surface area contributed by atoms with E-state index in [0.717, 1.165) is 30.5 Å². The van der Waals surface area contributed by atoms with Gasteiger partial charge in [-0.15, -0.1) is 0 Å². The fourth-order valence-corrected chi connectivity index (χ4v) is 4.50. The number of rotatable bonds is 4. The zero-order chi connectivity index (χ0) is 19.8. The van der Waals surface area contributed by atoms with Gasteiger partial charge in [0.05, 0.1) is 11.7 Å². The molecule has 0 N–H and O–H groups in total. The molecule has 2 aromatic heterocycles. The topological polar surface area (TPSA) is 68.2 Å². The maximum absolute atomic E-state index is 13.5. The molecule has 1 saturated heterocycles. The van der Waals surface area contributed by atoms with E-state index in [0.29, 0.717) is 23.1 Å². The van der Waals surface area contributed by atoms with E-state index >= 15 is 0 Å². The minimum absolute atomic E-state index is 0.0171. The van der Waals surface area contributed by atoms with Gasteiger partial charge in [0.2, 0.25) is 5.88 Å². The van der Waals surface area contributed by atoms with Gasteiger partial charge in [0.15, 0.2) is 0 Å². The Morgan fingerprint density at radius 1 is 1.10 bits per heavy atom. The van der Waals surface area contributed by atoms with Crippen molar-refractivity contribution in [3.8, 4) is 17.1 Å². The molecule has 0 radical (unpaired) electrons. The molecule has 1 aromatic carbocycles. The molecule has 146 valence electrons.